The first-order chi connectivity index (χ1) is 14.2. The van der Waals surface area contributed by atoms with Crippen LogP contribution in [-0.2, 0) is 4.74 Å². The molecule has 0 unspecified atom stereocenters. The van der Waals surface area contributed by atoms with E-state index in [9.17, 15) is 14.4 Å². The molecule has 2 aliphatic rings. The van der Waals surface area contributed by atoms with Gasteiger partial charge in [0.25, 0.3) is 17.7 Å². The molecule has 0 atom stereocenters. The third kappa shape index (κ3) is 2.72. The number of morpholine rings is 1. The van der Waals surface area contributed by atoms with E-state index >= 15 is 0 Å². The molecule has 6 heteroatoms. The number of anilines is 1. The Kier molecular flexibility index (Phi) is 4.14. The molecule has 3 aromatic rings. The first-order valence-corrected chi connectivity index (χ1v) is 9.53. The van der Waals surface area contributed by atoms with Gasteiger partial charge in [-0.25, -0.2) is 4.90 Å². The summed E-state index contributed by atoms with van der Waals surface area (Å²) in [6.07, 6.45) is 0. The van der Waals surface area contributed by atoms with Crippen LogP contribution in [0, 0.1) is 0 Å². The predicted octanol–water partition coefficient (Wildman–Crippen LogP) is 3.11. The number of carbonyl (C=O) groups excluding carboxylic acids is 3. The molecule has 0 bridgehead atoms. The Balaban J connectivity index is 1.63. The number of ether oxygens (including phenoxy) is 1. The first kappa shape index (κ1) is 17.6. The van der Waals surface area contributed by atoms with E-state index in [2.05, 4.69) is 0 Å². The van der Waals surface area contributed by atoms with Crippen molar-refractivity contribution in [2.75, 3.05) is 31.2 Å². The second kappa shape index (κ2) is 6.83. The van der Waals surface area contributed by atoms with Gasteiger partial charge in [0.15, 0.2) is 0 Å². The third-order valence-electron chi connectivity index (χ3n) is 5.45. The van der Waals surface area contributed by atoms with Crippen molar-refractivity contribution in [1.82, 2.24) is 4.90 Å². The summed E-state index contributed by atoms with van der Waals surface area (Å²) in [7, 11) is 0. The van der Waals surface area contributed by atoms with E-state index in [4.69, 9.17) is 4.74 Å². The molecule has 144 valence electrons. The van der Waals surface area contributed by atoms with Crippen molar-refractivity contribution in [3.8, 4) is 0 Å². The monoisotopic (exact) mass is 386 g/mol. The minimum absolute atomic E-state index is 0.207. The Labute approximate surface area is 167 Å². The molecule has 3 aromatic carbocycles. The highest BCUT2D eigenvalue weighted by Crippen LogP contribution is 2.34. The summed E-state index contributed by atoms with van der Waals surface area (Å²) in [6.45, 7) is 1.92. The second-order valence-electron chi connectivity index (χ2n) is 7.08. The lowest BCUT2D eigenvalue weighted by molar-refractivity contribution is 0.0303. The van der Waals surface area contributed by atoms with E-state index in [1.807, 2.05) is 12.1 Å². The lowest BCUT2D eigenvalue weighted by Crippen LogP contribution is -2.44. The minimum Gasteiger partial charge on any atom is -0.378 e. The van der Waals surface area contributed by atoms with Gasteiger partial charge in [0, 0.05) is 29.6 Å². The van der Waals surface area contributed by atoms with Crippen molar-refractivity contribution in [3.63, 3.8) is 0 Å². The average Bonchev–Trinajstić information content (AvgIpc) is 2.78. The fraction of sp³-hybridized carbons (Fsp3) is 0.174. The molecule has 3 amide bonds. The second-order valence-corrected chi connectivity index (χ2v) is 7.08. The highest BCUT2D eigenvalue weighted by Gasteiger charge is 2.36. The van der Waals surface area contributed by atoms with Gasteiger partial charge in [-0.1, -0.05) is 36.4 Å². The Morgan fingerprint density at radius 3 is 2.07 bits per heavy atom. The number of nitrogens with zero attached hydrogens (tertiary/aromatic N) is 2. The summed E-state index contributed by atoms with van der Waals surface area (Å²) >= 11 is 0. The zero-order chi connectivity index (χ0) is 20.0. The highest BCUT2D eigenvalue weighted by atomic mass is 16.5. The largest absolute Gasteiger partial charge is 0.378 e. The zero-order valence-corrected chi connectivity index (χ0v) is 15.6. The summed E-state index contributed by atoms with van der Waals surface area (Å²) in [5, 5.41) is 1.51. The summed E-state index contributed by atoms with van der Waals surface area (Å²) in [5.74, 6) is -1.04. The molecule has 0 N–H and O–H groups in total. The molecule has 0 aliphatic carbocycles. The summed E-state index contributed by atoms with van der Waals surface area (Å²) in [5.41, 5.74) is 1.57. The average molecular weight is 386 g/mol. The van der Waals surface area contributed by atoms with Gasteiger partial charge in [-0.15, -0.1) is 0 Å². The maximum Gasteiger partial charge on any atom is 0.266 e. The van der Waals surface area contributed by atoms with Crippen LogP contribution in [0.25, 0.3) is 10.8 Å². The third-order valence-corrected chi connectivity index (χ3v) is 5.45. The van der Waals surface area contributed by atoms with Crippen molar-refractivity contribution in [2.24, 2.45) is 0 Å². The fourth-order valence-corrected chi connectivity index (χ4v) is 4.04. The van der Waals surface area contributed by atoms with Crippen LogP contribution in [0.2, 0.25) is 0 Å². The molecule has 1 saturated heterocycles. The molecule has 5 rings (SSSR count). The molecule has 0 saturated carbocycles. The van der Waals surface area contributed by atoms with Crippen molar-refractivity contribution in [3.05, 3.63) is 77.4 Å². The maximum absolute atomic E-state index is 13.3. The summed E-state index contributed by atoms with van der Waals surface area (Å²) < 4.78 is 5.33. The number of hydrogen-bond acceptors (Lipinski definition) is 4. The van der Waals surface area contributed by atoms with E-state index in [0.717, 1.165) is 10.3 Å². The molecule has 0 radical (unpaired) electrons. The normalized spacial score (nSPS) is 16.4. The molecule has 0 spiro atoms. The van der Waals surface area contributed by atoms with Crippen LogP contribution in [0.3, 0.4) is 0 Å². The number of imide groups is 1. The van der Waals surface area contributed by atoms with Crippen molar-refractivity contribution in [1.29, 1.82) is 0 Å². The van der Waals surface area contributed by atoms with E-state index in [-0.39, 0.29) is 5.91 Å². The summed E-state index contributed by atoms with van der Waals surface area (Å²) in [4.78, 5) is 42.6. The Bertz CT molecular complexity index is 1110. The van der Waals surface area contributed by atoms with Crippen LogP contribution in [0.5, 0.6) is 0 Å². The van der Waals surface area contributed by atoms with Gasteiger partial charge in [0.1, 0.15) is 0 Å². The Morgan fingerprint density at radius 1 is 0.793 bits per heavy atom. The highest BCUT2D eigenvalue weighted by molar-refractivity contribution is 6.36. The SMILES string of the molecule is O=C(c1ccccc1N1C(=O)c2cccc3cccc(c23)C1=O)N1CCOCC1. The maximum atomic E-state index is 13.3. The molecule has 2 heterocycles. The molecule has 29 heavy (non-hydrogen) atoms. The van der Waals surface area contributed by atoms with E-state index < -0.39 is 11.8 Å². The molecule has 2 aliphatic heterocycles. The van der Waals surface area contributed by atoms with Crippen LogP contribution < -0.4 is 4.90 Å². The minimum atomic E-state index is -0.415. The number of carbonyl (C=O) groups is 3. The van der Waals surface area contributed by atoms with Gasteiger partial charge in [0.2, 0.25) is 0 Å². The number of benzene rings is 3. The molecular weight excluding hydrogens is 368 g/mol. The fourth-order valence-electron chi connectivity index (χ4n) is 4.04. The van der Waals surface area contributed by atoms with E-state index in [1.54, 1.807) is 53.4 Å². The van der Waals surface area contributed by atoms with Gasteiger partial charge < -0.3 is 9.64 Å². The lowest BCUT2D eigenvalue weighted by Gasteiger charge is -2.31. The van der Waals surface area contributed by atoms with Crippen molar-refractivity contribution in [2.45, 2.75) is 0 Å². The van der Waals surface area contributed by atoms with Crippen molar-refractivity contribution >= 4 is 34.2 Å². The molecule has 1 fully saturated rings. The van der Waals surface area contributed by atoms with Crippen LogP contribution in [0.4, 0.5) is 5.69 Å². The Hall–Kier alpha value is -3.51. The van der Waals surface area contributed by atoms with Crippen LogP contribution in [0.1, 0.15) is 31.1 Å². The number of amides is 3. The smallest absolute Gasteiger partial charge is 0.266 e. The van der Waals surface area contributed by atoms with Crippen molar-refractivity contribution < 1.29 is 19.1 Å². The molecule has 0 aromatic heterocycles. The molecular formula is C23H18N2O4. The lowest BCUT2D eigenvalue weighted by atomic mass is 9.93. The predicted molar refractivity (Wildman–Crippen MR) is 108 cm³/mol. The quantitative estimate of drug-likeness (QED) is 0.635. The number of rotatable bonds is 2. The van der Waals surface area contributed by atoms with Crippen LogP contribution in [0.15, 0.2) is 60.7 Å². The van der Waals surface area contributed by atoms with Gasteiger partial charge in [0.05, 0.1) is 24.5 Å². The van der Waals surface area contributed by atoms with E-state index in [1.165, 1.54) is 0 Å². The summed E-state index contributed by atoms with van der Waals surface area (Å²) in [6, 6.07) is 17.6. The first-order valence-electron chi connectivity index (χ1n) is 9.53. The van der Waals surface area contributed by atoms with Gasteiger partial charge in [-0.05, 0) is 29.7 Å². The number of hydrogen-bond donors (Lipinski definition) is 0. The Morgan fingerprint density at radius 2 is 1.41 bits per heavy atom. The van der Waals surface area contributed by atoms with Gasteiger partial charge >= 0.3 is 0 Å². The standard InChI is InChI=1S/C23H18N2O4/c26-21(24-11-13-29-14-12-24)16-7-1-2-10-19(16)25-22(27)17-8-3-5-15-6-4-9-18(20(15)17)23(25)28/h1-10H,11-14H2. The van der Waals surface area contributed by atoms with Crippen LogP contribution in [-0.4, -0.2) is 48.9 Å². The van der Waals surface area contributed by atoms with Gasteiger partial charge in [-0.3, -0.25) is 14.4 Å². The number of para-hydroxylation sites is 1. The van der Waals surface area contributed by atoms with Gasteiger partial charge in [-0.2, -0.15) is 0 Å². The zero-order valence-electron chi connectivity index (χ0n) is 15.6. The van der Waals surface area contributed by atoms with E-state index in [0.29, 0.717) is 54.1 Å². The topological polar surface area (TPSA) is 66.9 Å². The van der Waals surface area contributed by atoms with Crippen LogP contribution >= 0.6 is 0 Å². The molecule has 6 nitrogen and oxygen atoms in total.